The number of nitrogens with one attached hydrogen (secondary N) is 1. The summed E-state index contributed by atoms with van der Waals surface area (Å²) in [5.41, 5.74) is 1.74. The van der Waals surface area contributed by atoms with Crippen molar-refractivity contribution in [1.29, 1.82) is 0 Å². The van der Waals surface area contributed by atoms with Crippen molar-refractivity contribution >= 4 is 17.8 Å². The van der Waals surface area contributed by atoms with Gasteiger partial charge in [0, 0.05) is 5.56 Å². The minimum atomic E-state index is -0.290. The van der Waals surface area contributed by atoms with Gasteiger partial charge < -0.3 is 24.3 Å². The average Bonchev–Trinajstić information content (AvgIpc) is 3.07. The van der Waals surface area contributed by atoms with E-state index >= 15 is 0 Å². The highest BCUT2D eigenvalue weighted by atomic mass is 16.5. The molecule has 0 aliphatic carbocycles. The van der Waals surface area contributed by atoms with Crippen molar-refractivity contribution in [3.05, 3.63) is 53.2 Å². The van der Waals surface area contributed by atoms with E-state index in [1.807, 2.05) is 24.3 Å². The Morgan fingerprint density at radius 2 is 1.63 bits per heavy atom. The van der Waals surface area contributed by atoms with E-state index in [1.165, 1.54) is 21.3 Å². The lowest BCUT2D eigenvalue weighted by Crippen LogP contribution is -2.24. The standard InChI is InChI=1S/C20H20N2O5/c1-24-14-7-5-6-13(11-14)19-21-15(20(23)22-19)8-12-9-16(25-2)18(27-4)17(10-12)26-3/h5-11H,1-4H3,(H,21,22,23)/b15-8+. The first-order chi connectivity index (χ1) is 13.1. The summed E-state index contributed by atoms with van der Waals surface area (Å²) in [6, 6.07) is 10.8. The van der Waals surface area contributed by atoms with Crippen LogP contribution in [-0.2, 0) is 4.79 Å². The molecule has 2 aromatic carbocycles. The van der Waals surface area contributed by atoms with Gasteiger partial charge in [-0.15, -0.1) is 0 Å². The normalized spacial score (nSPS) is 14.6. The fraction of sp³-hybridized carbons (Fsp3) is 0.200. The van der Waals surface area contributed by atoms with Gasteiger partial charge >= 0.3 is 0 Å². The molecule has 0 spiro atoms. The van der Waals surface area contributed by atoms with Gasteiger partial charge in [-0.05, 0) is 35.9 Å². The summed E-state index contributed by atoms with van der Waals surface area (Å²) < 4.78 is 21.2. The summed E-state index contributed by atoms with van der Waals surface area (Å²) in [4.78, 5) is 16.7. The molecule has 7 heteroatoms. The summed E-state index contributed by atoms with van der Waals surface area (Å²) in [5, 5.41) is 2.77. The van der Waals surface area contributed by atoms with E-state index in [1.54, 1.807) is 25.3 Å². The van der Waals surface area contributed by atoms with Crippen molar-refractivity contribution in [3.8, 4) is 23.0 Å². The topological polar surface area (TPSA) is 78.4 Å². The third-order valence-corrected chi connectivity index (χ3v) is 4.03. The minimum Gasteiger partial charge on any atom is -0.497 e. The van der Waals surface area contributed by atoms with Gasteiger partial charge in [-0.3, -0.25) is 4.79 Å². The summed E-state index contributed by atoms with van der Waals surface area (Å²) in [5.74, 6) is 2.35. The molecule has 7 nitrogen and oxygen atoms in total. The molecule has 0 bridgehead atoms. The van der Waals surface area contributed by atoms with Gasteiger partial charge in [-0.1, -0.05) is 12.1 Å². The number of amides is 1. The zero-order chi connectivity index (χ0) is 19.4. The van der Waals surface area contributed by atoms with E-state index < -0.39 is 0 Å². The SMILES string of the molecule is COc1cccc(C2=N/C(=C/c3cc(OC)c(OC)c(OC)c3)C(=O)N2)c1. The predicted octanol–water partition coefficient (Wildman–Crippen LogP) is 2.64. The Morgan fingerprint density at radius 1 is 0.926 bits per heavy atom. The van der Waals surface area contributed by atoms with E-state index in [2.05, 4.69) is 10.3 Å². The van der Waals surface area contributed by atoms with Gasteiger partial charge in [-0.25, -0.2) is 4.99 Å². The molecule has 0 fully saturated rings. The molecule has 2 aromatic rings. The van der Waals surface area contributed by atoms with Gasteiger partial charge in [0.25, 0.3) is 5.91 Å². The van der Waals surface area contributed by atoms with Gasteiger partial charge in [0.1, 0.15) is 17.3 Å². The average molecular weight is 368 g/mol. The summed E-state index contributed by atoms with van der Waals surface area (Å²) in [7, 11) is 6.20. The molecule has 1 aliphatic rings. The molecule has 27 heavy (non-hydrogen) atoms. The molecule has 0 aromatic heterocycles. The number of carbonyl (C=O) groups is 1. The van der Waals surface area contributed by atoms with Crippen LogP contribution in [0.25, 0.3) is 6.08 Å². The van der Waals surface area contributed by atoms with Crippen LogP contribution in [0.3, 0.4) is 0 Å². The number of rotatable bonds is 6. The van der Waals surface area contributed by atoms with E-state index in [4.69, 9.17) is 18.9 Å². The fourth-order valence-corrected chi connectivity index (χ4v) is 2.72. The lowest BCUT2D eigenvalue weighted by molar-refractivity contribution is -0.115. The summed E-state index contributed by atoms with van der Waals surface area (Å²) in [6.07, 6.45) is 1.66. The number of benzene rings is 2. The Bertz CT molecular complexity index is 909. The number of nitrogens with zero attached hydrogens (tertiary/aromatic N) is 1. The number of hydrogen-bond acceptors (Lipinski definition) is 6. The van der Waals surface area contributed by atoms with E-state index in [-0.39, 0.29) is 11.6 Å². The maximum atomic E-state index is 12.3. The summed E-state index contributed by atoms with van der Waals surface area (Å²) in [6.45, 7) is 0. The van der Waals surface area contributed by atoms with Crippen LogP contribution in [0, 0.1) is 0 Å². The Hall–Kier alpha value is -3.48. The highest BCUT2D eigenvalue weighted by Gasteiger charge is 2.22. The van der Waals surface area contributed by atoms with Crippen molar-refractivity contribution in [2.45, 2.75) is 0 Å². The van der Waals surface area contributed by atoms with Crippen molar-refractivity contribution in [2.75, 3.05) is 28.4 Å². The molecule has 1 heterocycles. The largest absolute Gasteiger partial charge is 0.497 e. The molecule has 0 unspecified atom stereocenters. The lowest BCUT2D eigenvalue weighted by atomic mass is 10.1. The summed E-state index contributed by atoms with van der Waals surface area (Å²) >= 11 is 0. The smallest absolute Gasteiger partial charge is 0.275 e. The van der Waals surface area contributed by atoms with Crippen LogP contribution in [0.2, 0.25) is 0 Å². The zero-order valence-electron chi connectivity index (χ0n) is 15.5. The first-order valence-corrected chi connectivity index (χ1v) is 8.15. The van der Waals surface area contributed by atoms with Crippen LogP contribution >= 0.6 is 0 Å². The third-order valence-electron chi connectivity index (χ3n) is 4.03. The molecule has 0 radical (unpaired) electrons. The van der Waals surface area contributed by atoms with Gasteiger partial charge in [0.2, 0.25) is 5.75 Å². The van der Waals surface area contributed by atoms with Crippen molar-refractivity contribution in [3.63, 3.8) is 0 Å². The molecule has 1 N–H and O–H groups in total. The van der Waals surface area contributed by atoms with Crippen molar-refractivity contribution in [1.82, 2.24) is 5.32 Å². The second-order valence-electron chi connectivity index (χ2n) is 5.63. The Labute approximate surface area is 157 Å². The molecule has 140 valence electrons. The molecular weight excluding hydrogens is 348 g/mol. The molecule has 0 saturated heterocycles. The number of methoxy groups -OCH3 is 4. The predicted molar refractivity (Wildman–Crippen MR) is 102 cm³/mol. The molecule has 3 rings (SSSR count). The van der Waals surface area contributed by atoms with Crippen LogP contribution in [-0.4, -0.2) is 40.2 Å². The number of aliphatic imine (C=N–C) groups is 1. The van der Waals surface area contributed by atoms with Crippen LogP contribution in [0.15, 0.2) is 47.1 Å². The highest BCUT2D eigenvalue weighted by Crippen LogP contribution is 2.38. The molecule has 0 saturated carbocycles. The van der Waals surface area contributed by atoms with E-state index in [0.29, 0.717) is 34.4 Å². The quantitative estimate of drug-likeness (QED) is 0.793. The van der Waals surface area contributed by atoms with Crippen LogP contribution < -0.4 is 24.3 Å². The van der Waals surface area contributed by atoms with Crippen LogP contribution in [0.1, 0.15) is 11.1 Å². The Balaban J connectivity index is 1.99. The number of carbonyl (C=O) groups excluding carboxylic acids is 1. The second-order valence-corrected chi connectivity index (χ2v) is 5.63. The zero-order valence-corrected chi connectivity index (χ0v) is 15.5. The van der Waals surface area contributed by atoms with E-state index in [9.17, 15) is 4.79 Å². The molecule has 0 atom stereocenters. The van der Waals surface area contributed by atoms with Gasteiger partial charge in [-0.2, -0.15) is 0 Å². The highest BCUT2D eigenvalue weighted by molar-refractivity contribution is 6.19. The number of amidine groups is 1. The maximum absolute atomic E-state index is 12.3. The van der Waals surface area contributed by atoms with Gasteiger partial charge in [0.15, 0.2) is 11.5 Å². The third kappa shape index (κ3) is 3.72. The van der Waals surface area contributed by atoms with Crippen molar-refractivity contribution < 1.29 is 23.7 Å². The lowest BCUT2D eigenvalue weighted by Gasteiger charge is -2.12. The monoisotopic (exact) mass is 368 g/mol. The van der Waals surface area contributed by atoms with E-state index in [0.717, 1.165) is 5.56 Å². The maximum Gasteiger partial charge on any atom is 0.275 e. The van der Waals surface area contributed by atoms with Crippen LogP contribution in [0.5, 0.6) is 23.0 Å². The molecule has 1 aliphatic heterocycles. The molecule has 1 amide bonds. The Morgan fingerprint density at radius 3 is 2.22 bits per heavy atom. The number of ether oxygens (including phenoxy) is 4. The Kier molecular flexibility index (Phi) is 5.30. The fourth-order valence-electron chi connectivity index (χ4n) is 2.72. The molecular formula is C20H20N2O5. The first-order valence-electron chi connectivity index (χ1n) is 8.15. The minimum absolute atomic E-state index is 0.280. The second kappa shape index (κ2) is 7.82. The van der Waals surface area contributed by atoms with Crippen molar-refractivity contribution in [2.24, 2.45) is 4.99 Å². The van der Waals surface area contributed by atoms with Crippen LogP contribution in [0.4, 0.5) is 0 Å². The van der Waals surface area contributed by atoms with Gasteiger partial charge in [0.05, 0.1) is 28.4 Å². The number of hydrogen-bond donors (Lipinski definition) is 1. The first kappa shape index (κ1) is 18.3.